The van der Waals surface area contributed by atoms with E-state index in [1.54, 1.807) is 0 Å². The van der Waals surface area contributed by atoms with Crippen LogP contribution in [0.2, 0.25) is 0 Å². The first kappa shape index (κ1) is 14.8. The Morgan fingerprint density at radius 1 is 1.44 bits per heavy atom. The van der Waals surface area contributed by atoms with E-state index in [-0.39, 0.29) is 17.4 Å². The molecule has 0 saturated carbocycles. The first-order valence-corrected chi connectivity index (χ1v) is 6.05. The summed E-state index contributed by atoms with van der Waals surface area (Å²) in [5.41, 5.74) is 4.82. The number of hydrogen-bond donors (Lipinski definition) is 1. The van der Waals surface area contributed by atoms with Crippen LogP contribution in [0.5, 0.6) is 0 Å². The molecule has 1 aliphatic heterocycles. The van der Waals surface area contributed by atoms with Gasteiger partial charge in [-0.05, 0) is 12.8 Å². The highest BCUT2D eigenvalue weighted by molar-refractivity contribution is 7.80. The van der Waals surface area contributed by atoms with Crippen LogP contribution < -0.4 is 5.73 Å². The molecule has 0 bridgehead atoms. The quantitative estimate of drug-likeness (QED) is 0.560. The van der Waals surface area contributed by atoms with E-state index in [2.05, 4.69) is 4.74 Å². The summed E-state index contributed by atoms with van der Waals surface area (Å²) in [6.45, 7) is 0.769. The van der Waals surface area contributed by atoms with E-state index in [4.69, 9.17) is 22.7 Å². The van der Waals surface area contributed by atoms with Crippen LogP contribution in [0.3, 0.4) is 0 Å². The van der Waals surface area contributed by atoms with E-state index in [1.807, 2.05) is 0 Å². The number of nitrogens with zero attached hydrogens (tertiary/aromatic N) is 1. The maximum absolute atomic E-state index is 12.4. The molecule has 6 nitrogen and oxygen atoms in total. The summed E-state index contributed by atoms with van der Waals surface area (Å²) >= 11 is 5.02. The van der Waals surface area contributed by atoms with Gasteiger partial charge in [-0.2, -0.15) is 0 Å². The van der Waals surface area contributed by atoms with Crippen molar-refractivity contribution >= 4 is 29.1 Å². The lowest BCUT2D eigenvalue weighted by Gasteiger charge is -2.37. The molecule has 2 N–H and O–H groups in total. The predicted octanol–water partition coefficient (Wildman–Crippen LogP) is -0.299. The molecule has 0 aromatic rings. The number of ether oxygens (including phenoxy) is 2. The van der Waals surface area contributed by atoms with Gasteiger partial charge in [-0.3, -0.25) is 9.59 Å². The number of esters is 1. The Morgan fingerprint density at radius 2 is 2.00 bits per heavy atom. The van der Waals surface area contributed by atoms with E-state index >= 15 is 0 Å². The minimum Gasteiger partial charge on any atom is -0.468 e. The molecule has 0 radical (unpaired) electrons. The Morgan fingerprint density at radius 3 is 2.44 bits per heavy atom. The molecule has 0 aromatic heterocycles. The number of methoxy groups -OCH3 is 1. The van der Waals surface area contributed by atoms with Crippen molar-refractivity contribution < 1.29 is 19.1 Å². The van der Waals surface area contributed by atoms with Gasteiger partial charge in [0.25, 0.3) is 0 Å². The van der Waals surface area contributed by atoms with E-state index in [1.165, 1.54) is 19.1 Å². The van der Waals surface area contributed by atoms with Crippen LogP contribution in [0.4, 0.5) is 0 Å². The molecule has 1 heterocycles. The van der Waals surface area contributed by atoms with Gasteiger partial charge in [0.05, 0.1) is 12.1 Å². The zero-order valence-corrected chi connectivity index (χ0v) is 11.4. The van der Waals surface area contributed by atoms with Crippen LogP contribution in [0, 0.1) is 5.41 Å². The van der Waals surface area contributed by atoms with Gasteiger partial charge in [0.15, 0.2) is 0 Å². The van der Waals surface area contributed by atoms with Crippen molar-refractivity contribution in [2.24, 2.45) is 11.1 Å². The molecule has 0 aliphatic carbocycles. The van der Waals surface area contributed by atoms with Crippen molar-refractivity contribution in [3.8, 4) is 0 Å². The summed E-state index contributed by atoms with van der Waals surface area (Å²) in [7, 11) is 2.81. The highest BCUT2D eigenvalue weighted by atomic mass is 32.1. The molecule has 102 valence electrons. The van der Waals surface area contributed by atoms with Crippen LogP contribution in [0.15, 0.2) is 0 Å². The van der Waals surface area contributed by atoms with Crippen molar-refractivity contribution in [3.63, 3.8) is 0 Å². The molecular weight excluding hydrogens is 256 g/mol. The van der Waals surface area contributed by atoms with Gasteiger partial charge < -0.3 is 20.1 Å². The second kappa shape index (κ2) is 6.10. The van der Waals surface area contributed by atoms with Gasteiger partial charge in [0.1, 0.15) is 12.0 Å². The van der Waals surface area contributed by atoms with E-state index in [9.17, 15) is 9.59 Å². The molecule has 1 rings (SSSR count). The summed E-state index contributed by atoms with van der Waals surface area (Å²) in [5, 5.41) is 0. The summed E-state index contributed by atoms with van der Waals surface area (Å²) in [6, 6.07) is 0. The molecule has 18 heavy (non-hydrogen) atoms. The summed E-state index contributed by atoms with van der Waals surface area (Å²) in [5.74, 6) is -0.723. The van der Waals surface area contributed by atoms with Gasteiger partial charge in [-0.25, -0.2) is 0 Å². The molecule has 1 amide bonds. The Labute approximate surface area is 111 Å². The molecule has 1 saturated heterocycles. The molecule has 0 atom stereocenters. The van der Waals surface area contributed by atoms with Gasteiger partial charge in [-0.1, -0.05) is 12.2 Å². The topological polar surface area (TPSA) is 81.9 Å². The molecule has 0 aromatic carbocycles. The number of carbonyl (C=O) groups is 2. The molecule has 1 aliphatic rings. The predicted molar refractivity (Wildman–Crippen MR) is 68.9 cm³/mol. The SMILES string of the molecule is COC(=O)CN(C)C(=O)C1(C(N)=S)CCOCC1. The van der Waals surface area contributed by atoms with Gasteiger partial charge in [-0.15, -0.1) is 0 Å². The number of hydrogen-bond acceptors (Lipinski definition) is 5. The van der Waals surface area contributed by atoms with Crippen molar-refractivity contribution in [2.75, 3.05) is 33.9 Å². The molecule has 7 heteroatoms. The first-order chi connectivity index (χ1) is 8.44. The van der Waals surface area contributed by atoms with Gasteiger partial charge in [0.2, 0.25) is 5.91 Å². The van der Waals surface area contributed by atoms with Crippen molar-refractivity contribution in [2.45, 2.75) is 12.8 Å². The van der Waals surface area contributed by atoms with Crippen molar-refractivity contribution in [1.29, 1.82) is 0 Å². The fourth-order valence-electron chi connectivity index (χ4n) is 1.98. The summed E-state index contributed by atoms with van der Waals surface area (Å²) in [6.07, 6.45) is 0.902. The number of amides is 1. The lowest BCUT2D eigenvalue weighted by molar-refractivity contribution is -0.150. The Bertz CT molecular complexity index is 353. The lowest BCUT2D eigenvalue weighted by atomic mass is 9.78. The van der Waals surface area contributed by atoms with Gasteiger partial charge in [0, 0.05) is 20.3 Å². The van der Waals surface area contributed by atoms with E-state index in [0.29, 0.717) is 26.1 Å². The zero-order chi connectivity index (χ0) is 13.8. The monoisotopic (exact) mass is 274 g/mol. The third-order valence-electron chi connectivity index (χ3n) is 3.17. The Balaban J connectivity index is 2.82. The standard InChI is InChI=1S/C11H18N2O4S/c1-13(7-8(14)16-2)10(15)11(9(12)18)3-5-17-6-4-11/h3-7H2,1-2H3,(H2,12,18). The smallest absolute Gasteiger partial charge is 0.325 e. The Kier molecular flexibility index (Phi) is 5.03. The fourth-order valence-corrected chi connectivity index (χ4v) is 2.27. The minimum atomic E-state index is -0.893. The second-order valence-electron chi connectivity index (χ2n) is 4.30. The molecule has 0 spiro atoms. The minimum absolute atomic E-state index is 0.111. The van der Waals surface area contributed by atoms with Crippen molar-refractivity contribution in [1.82, 2.24) is 4.90 Å². The van der Waals surface area contributed by atoms with Crippen LogP contribution in [0.1, 0.15) is 12.8 Å². The van der Waals surface area contributed by atoms with E-state index < -0.39 is 11.4 Å². The van der Waals surface area contributed by atoms with Gasteiger partial charge >= 0.3 is 5.97 Å². The van der Waals surface area contributed by atoms with E-state index in [0.717, 1.165) is 0 Å². The van der Waals surface area contributed by atoms with Crippen LogP contribution in [-0.4, -0.2) is 55.7 Å². The van der Waals surface area contributed by atoms with Crippen LogP contribution in [0.25, 0.3) is 0 Å². The summed E-state index contributed by atoms with van der Waals surface area (Å²) < 4.78 is 9.76. The zero-order valence-electron chi connectivity index (χ0n) is 10.6. The average molecular weight is 274 g/mol. The average Bonchev–Trinajstić information content (AvgIpc) is 2.38. The van der Waals surface area contributed by atoms with Crippen LogP contribution >= 0.6 is 12.2 Å². The highest BCUT2D eigenvalue weighted by Crippen LogP contribution is 2.32. The summed E-state index contributed by atoms with van der Waals surface area (Å²) in [4.78, 5) is 25.0. The van der Waals surface area contributed by atoms with Crippen molar-refractivity contribution in [3.05, 3.63) is 0 Å². The number of thiocarbonyl (C=S) groups is 1. The third-order valence-corrected chi connectivity index (χ3v) is 3.56. The maximum atomic E-state index is 12.4. The number of rotatable bonds is 4. The maximum Gasteiger partial charge on any atom is 0.325 e. The molecule has 1 fully saturated rings. The number of likely N-dealkylation sites (N-methyl/N-ethyl adjacent to an activating group) is 1. The molecular formula is C11H18N2O4S. The largest absolute Gasteiger partial charge is 0.468 e. The normalized spacial score (nSPS) is 17.9. The lowest BCUT2D eigenvalue weighted by Crippen LogP contribution is -2.53. The number of carbonyl (C=O) groups excluding carboxylic acids is 2. The highest BCUT2D eigenvalue weighted by Gasteiger charge is 2.44. The fraction of sp³-hybridized carbons (Fsp3) is 0.727. The molecule has 0 unspecified atom stereocenters. The Hall–Kier alpha value is -1.21. The first-order valence-electron chi connectivity index (χ1n) is 5.64. The number of nitrogens with two attached hydrogens (primary N) is 1. The second-order valence-corrected chi connectivity index (χ2v) is 4.74. The van der Waals surface area contributed by atoms with Crippen LogP contribution in [-0.2, 0) is 19.1 Å². The third kappa shape index (κ3) is 2.97.